The van der Waals surface area contributed by atoms with Crippen LogP contribution in [-0.4, -0.2) is 38.8 Å². The van der Waals surface area contributed by atoms with Crippen LogP contribution in [-0.2, 0) is 9.53 Å². The van der Waals surface area contributed by atoms with Gasteiger partial charge in [-0.1, -0.05) is 0 Å². The molecule has 0 aliphatic heterocycles. The molecular weight excluding hydrogens is 156 g/mol. The van der Waals surface area contributed by atoms with Gasteiger partial charge in [0.05, 0.1) is 19.3 Å². The summed E-state index contributed by atoms with van der Waals surface area (Å²) in [6, 6.07) is 0. The highest BCUT2D eigenvalue weighted by Gasteiger charge is 1.97. The third kappa shape index (κ3) is 7.50. The molecule has 0 unspecified atom stereocenters. The summed E-state index contributed by atoms with van der Waals surface area (Å²) in [5.41, 5.74) is 0. The Morgan fingerprint density at radius 2 is 2.17 bits per heavy atom. The molecule has 0 atom stereocenters. The van der Waals surface area contributed by atoms with Crippen molar-refractivity contribution < 1.29 is 9.53 Å². The highest BCUT2D eigenvalue weighted by atomic mass is 16.5. The average molecular weight is 174 g/mol. The second-order valence-electron chi connectivity index (χ2n) is 2.80. The van der Waals surface area contributed by atoms with Gasteiger partial charge in [-0.3, -0.25) is 4.79 Å². The monoisotopic (exact) mass is 174 g/mol. The summed E-state index contributed by atoms with van der Waals surface area (Å²) in [5, 5.41) is 5.48. The third-order valence-corrected chi connectivity index (χ3v) is 1.21. The Bertz CT molecular complexity index is 126. The number of likely N-dealkylation sites (N-methyl/N-ethyl adjacent to an activating group) is 1. The van der Waals surface area contributed by atoms with Crippen molar-refractivity contribution in [2.75, 3.05) is 26.7 Å². The van der Waals surface area contributed by atoms with E-state index in [1.807, 2.05) is 13.8 Å². The summed E-state index contributed by atoms with van der Waals surface area (Å²) in [7, 11) is 1.74. The minimum atomic E-state index is 0.00450. The van der Waals surface area contributed by atoms with E-state index in [1.54, 1.807) is 7.05 Å². The van der Waals surface area contributed by atoms with E-state index in [1.165, 1.54) is 0 Å². The minimum absolute atomic E-state index is 0.00450. The molecule has 0 radical (unpaired) electrons. The lowest BCUT2D eigenvalue weighted by molar-refractivity contribution is -0.120. The number of rotatable bonds is 6. The normalized spacial score (nSPS) is 10.3. The summed E-state index contributed by atoms with van der Waals surface area (Å²) >= 11 is 0. The zero-order valence-corrected chi connectivity index (χ0v) is 8.02. The quantitative estimate of drug-likeness (QED) is 0.546. The van der Waals surface area contributed by atoms with Gasteiger partial charge in [0.2, 0.25) is 5.91 Å². The lowest BCUT2D eigenvalue weighted by Gasteiger charge is -2.08. The molecule has 1 amide bonds. The van der Waals surface area contributed by atoms with Crippen LogP contribution in [0.15, 0.2) is 0 Å². The molecule has 0 spiro atoms. The molecular formula is C8H18N2O2. The number of hydrogen-bond acceptors (Lipinski definition) is 3. The fourth-order valence-electron chi connectivity index (χ4n) is 0.708. The highest BCUT2D eigenvalue weighted by Crippen LogP contribution is 1.84. The summed E-state index contributed by atoms with van der Waals surface area (Å²) < 4.78 is 5.24. The van der Waals surface area contributed by atoms with Crippen LogP contribution in [0.1, 0.15) is 13.8 Å². The fourth-order valence-corrected chi connectivity index (χ4v) is 0.708. The SMILES string of the molecule is CNCC(=O)NCCOC(C)C. The van der Waals surface area contributed by atoms with E-state index in [0.29, 0.717) is 19.7 Å². The first kappa shape index (κ1) is 11.4. The predicted octanol–water partition coefficient (Wildman–Crippen LogP) is -0.253. The van der Waals surface area contributed by atoms with Gasteiger partial charge in [-0.2, -0.15) is 0 Å². The Morgan fingerprint density at radius 1 is 1.50 bits per heavy atom. The first-order valence-electron chi connectivity index (χ1n) is 4.19. The number of ether oxygens (including phenoxy) is 1. The molecule has 0 fully saturated rings. The zero-order valence-electron chi connectivity index (χ0n) is 8.02. The molecule has 0 aliphatic rings. The number of carbonyl (C=O) groups is 1. The smallest absolute Gasteiger partial charge is 0.234 e. The molecule has 0 aromatic rings. The van der Waals surface area contributed by atoms with Gasteiger partial charge >= 0.3 is 0 Å². The molecule has 12 heavy (non-hydrogen) atoms. The van der Waals surface area contributed by atoms with Crippen LogP contribution in [0.5, 0.6) is 0 Å². The Labute approximate surface area is 73.7 Å². The highest BCUT2D eigenvalue weighted by molar-refractivity contribution is 5.77. The first-order valence-corrected chi connectivity index (χ1v) is 4.19. The second-order valence-corrected chi connectivity index (χ2v) is 2.80. The van der Waals surface area contributed by atoms with E-state index < -0.39 is 0 Å². The Morgan fingerprint density at radius 3 is 2.67 bits per heavy atom. The Kier molecular flexibility index (Phi) is 6.70. The number of carbonyl (C=O) groups excluding carboxylic acids is 1. The van der Waals surface area contributed by atoms with Crippen LogP contribution in [0.3, 0.4) is 0 Å². The van der Waals surface area contributed by atoms with E-state index in [9.17, 15) is 4.79 Å². The maximum atomic E-state index is 10.9. The van der Waals surface area contributed by atoms with Gasteiger partial charge < -0.3 is 15.4 Å². The molecule has 4 nitrogen and oxygen atoms in total. The van der Waals surface area contributed by atoms with E-state index >= 15 is 0 Å². The average Bonchev–Trinajstić information content (AvgIpc) is 1.98. The van der Waals surface area contributed by atoms with Gasteiger partial charge in [0, 0.05) is 6.54 Å². The molecule has 0 aromatic carbocycles. The number of amides is 1. The van der Waals surface area contributed by atoms with Gasteiger partial charge in [0.15, 0.2) is 0 Å². The van der Waals surface area contributed by atoms with E-state index in [2.05, 4.69) is 10.6 Å². The topological polar surface area (TPSA) is 50.4 Å². The summed E-state index contributed by atoms with van der Waals surface area (Å²) in [6.45, 7) is 5.46. The lowest BCUT2D eigenvalue weighted by atomic mass is 10.5. The Balaban J connectivity index is 3.14. The predicted molar refractivity (Wildman–Crippen MR) is 48.0 cm³/mol. The van der Waals surface area contributed by atoms with E-state index in [0.717, 1.165) is 0 Å². The van der Waals surface area contributed by atoms with Crippen LogP contribution in [0, 0.1) is 0 Å². The van der Waals surface area contributed by atoms with Gasteiger partial charge in [-0.15, -0.1) is 0 Å². The number of nitrogens with one attached hydrogen (secondary N) is 2. The van der Waals surface area contributed by atoms with Crippen molar-refractivity contribution in [2.45, 2.75) is 20.0 Å². The van der Waals surface area contributed by atoms with Crippen molar-refractivity contribution in [1.29, 1.82) is 0 Å². The molecule has 0 aliphatic carbocycles. The molecule has 0 saturated carbocycles. The molecule has 0 heterocycles. The van der Waals surface area contributed by atoms with Gasteiger partial charge in [-0.05, 0) is 20.9 Å². The minimum Gasteiger partial charge on any atom is -0.377 e. The number of hydrogen-bond donors (Lipinski definition) is 2. The van der Waals surface area contributed by atoms with Crippen molar-refractivity contribution in [3.05, 3.63) is 0 Å². The molecule has 0 bridgehead atoms. The van der Waals surface area contributed by atoms with Crippen molar-refractivity contribution in [2.24, 2.45) is 0 Å². The standard InChI is InChI=1S/C8H18N2O2/c1-7(2)12-5-4-10-8(11)6-9-3/h7,9H,4-6H2,1-3H3,(H,10,11). The summed E-state index contributed by atoms with van der Waals surface area (Å²) in [4.78, 5) is 10.9. The first-order chi connectivity index (χ1) is 5.66. The second kappa shape index (κ2) is 7.06. The maximum absolute atomic E-state index is 10.9. The molecule has 0 aromatic heterocycles. The Hall–Kier alpha value is -0.610. The van der Waals surface area contributed by atoms with Gasteiger partial charge in [0.25, 0.3) is 0 Å². The summed E-state index contributed by atoms with van der Waals surface area (Å²) in [5.74, 6) is 0.00450. The molecule has 2 N–H and O–H groups in total. The van der Waals surface area contributed by atoms with Gasteiger partial charge in [-0.25, -0.2) is 0 Å². The van der Waals surface area contributed by atoms with Crippen molar-refractivity contribution in [1.82, 2.24) is 10.6 Å². The van der Waals surface area contributed by atoms with Crippen LogP contribution < -0.4 is 10.6 Å². The molecule has 72 valence electrons. The fraction of sp³-hybridized carbons (Fsp3) is 0.875. The lowest BCUT2D eigenvalue weighted by Crippen LogP contribution is -2.34. The van der Waals surface area contributed by atoms with Crippen LogP contribution in [0.25, 0.3) is 0 Å². The molecule has 0 saturated heterocycles. The van der Waals surface area contributed by atoms with Crippen LogP contribution in [0.2, 0.25) is 0 Å². The van der Waals surface area contributed by atoms with Crippen molar-refractivity contribution in [3.8, 4) is 0 Å². The van der Waals surface area contributed by atoms with E-state index in [-0.39, 0.29) is 12.0 Å². The third-order valence-electron chi connectivity index (χ3n) is 1.21. The van der Waals surface area contributed by atoms with Gasteiger partial charge in [0.1, 0.15) is 0 Å². The van der Waals surface area contributed by atoms with Crippen LogP contribution in [0.4, 0.5) is 0 Å². The van der Waals surface area contributed by atoms with Crippen molar-refractivity contribution in [3.63, 3.8) is 0 Å². The maximum Gasteiger partial charge on any atom is 0.234 e. The van der Waals surface area contributed by atoms with E-state index in [4.69, 9.17) is 4.74 Å². The summed E-state index contributed by atoms with van der Waals surface area (Å²) in [6.07, 6.45) is 0.228. The zero-order chi connectivity index (χ0) is 9.40. The van der Waals surface area contributed by atoms with Crippen LogP contribution >= 0.6 is 0 Å². The molecule has 4 heteroatoms. The largest absolute Gasteiger partial charge is 0.377 e. The molecule has 0 rings (SSSR count). The van der Waals surface area contributed by atoms with Crippen molar-refractivity contribution >= 4 is 5.91 Å².